The van der Waals surface area contributed by atoms with Crippen molar-refractivity contribution >= 4 is 11.6 Å². The van der Waals surface area contributed by atoms with Crippen LogP contribution in [0.5, 0.6) is 5.75 Å². The Balaban J connectivity index is 2.94. The van der Waals surface area contributed by atoms with Crippen LogP contribution in [0.2, 0.25) is 0 Å². The lowest BCUT2D eigenvalue weighted by atomic mass is 10.2. The van der Waals surface area contributed by atoms with E-state index in [4.69, 9.17) is 0 Å². The lowest BCUT2D eigenvalue weighted by molar-refractivity contribution is -0.111. The molecule has 0 aliphatic heterocycles. The highest BCUT2D eigenvalue weighted by molar-refractivity contribution is 5.99. The summed E-state index contributed by atoms with van der Waals surface area (Å²) in [6.07, 6.45) is 1.10. The van der Waals surface area contributed by atoms with Crippen LogP contribution in [0.1, 0.15) is 5.56 Å². The first-order valence-electron chi connectivity index (χ1n) is 4.52. The highest BCUT2D eigenvalue weighted by atomic mass is 19.3. The molecular formula is C11H11F2NO2. The number of halogens is 2. The number of alkyl halides is 2. The molecule has 0 atom stereocenters. The van der Waals surface area contributed by atoms with Gasteiger partial charge in [-0.05, 0) is 25.1 Å². The molecule has 0 aliphatic rings. The molecule has 3 nitrogen and oxygen atoms in total. The highest BCUT2D eigenvalue weighted by Crippen LogP contribution is 2.26. The fraction of sp³-hybridized carbons (Fsp3) is 0.182. The van der Waals surface area contributed by atoms with E-state index in [2.05, 4.69) is 16.6 Å². The number of nitrogens with one attached hydrogen (secondary N) is 1. The fourth-order valence-electron chi connectivity index (χ4n) is 1.16. The molecule has 1 aromatic carbocycles. The van der Waals surface area contributed by atoms with Gasteiger partial charge in [-0.3, -0.25) is 4.79 Å². The van der Waals surface area contributed by atoms with E-state index < -0.39 is 12.5 Å². The predicted molar refractivity (Wildman–Crippen MR) is 56.6 cm³/mol. The summed E-state index contributed by atoms with van der Waals surface area (Å²) in [5, 5.41) is 2.49. The van der Waals surface area contributed by atoms with Crippen LogP contribution in [-0.2, 0) is 4.79 Å². The van der Waals surface area contributed by atoms with E-state index in [1.807, 2.05) is 0 Å². The van der Waals surface area contributed by atoms with Crippen molar-refractivity contribution in [3.05, 3.63) is 36.4 Å². The number of carbonyl (C=O) groups excluding carboxylic acids is 1. The number of rotatable bonds is 4. The average Bonchev–Trinajstić information content (AvgIpc) is 2.23. The van der Waals surface area contributed by atoms with Gasteiger partial charge in [-0.2, -0.15) is 8.78 Å². The first kappa shape index (κ1) is 12.2. The minimum atomic E-state index is -2.89. The number of carbonyl (C=O) groups is 1. The Morgan fingerprint density at radius 1 is 1.56 bits per heavy atom. The van der Waals surface area contributed by atoms with E-state index in [0.29, 0.717) is 11.3 Å². The molecule has 0 saturated carbocycles. The summed E-state index contributed by atoms with van der Waals surface area (Å²) in [5.41, 5.74) is 0.862. The fourth-order valence-corrected chi connectivity index (χ4v) is 1.16. The van der Waals surface area contributed by atoms with Crippen molar-refractivity contribution in [3.8, 4) is 5.75 Å². The first-order chi connectivity index (χ1) is 7.54. The van der Waals surface area contributed by atoms with Crippen LogP contribution in [-0.4, -0.2) is 12.5 Å². The molecule has 0 fully saturated rings. The van der Waals surface area contributed by atoms with Crippen LogP contribution in [0.3, 0.4) is 0 Å². The summed E-state index contributed by atoms with van der Waals surface area (Å²) in [7, 11) is 0. The molecule has 0 saturated heterocycles. The Bertz CT molecular complexity index is 405. The van der Waals surface area contributed by atoms with Crippen LogP contribution >= 0.6 is 0 Å². The molecule has 0 spiro atoms. The molecule has 1 aromatic rings. The van der Waals surface area contributed by atoms with Gasteiger partial charge < -0.3 is 10.1 Å². The minimum Gasteiger partial charge on any atom is -0.434 e. The Labute approximate surface area is 91.7 Å². The first-order valence-corrected chi connectivity index (χ1v) is 4.52. The predicted octanol–water partition coefficient (Wildman–Crippen LogP) is 2.72. The van der Waals surface area contributed by atoms with E-state index in [-0.39, 0.29) is 5.75 Å². The number of benzene rings is 1. The molecule has 0 radical (unpaired) electrons. The van der Waals surface area contributed by atoms with Gasteiger partial charge in [0.25, 0.3) is 0 Å². The molecule has 0 unspecified atom stereocenters. The third kappa shape index (κ3) is 3.05. The Hall–Kier alpha value is -1.91. The third-order valence-corrected chi connectivity index (χ3v) is 1.94. The van der Waals surface area contributed by atoms with Gasteiger partial charge in [0, 0.05) is 11.3 Å². The van der Waals surface area contributed by atoms with E-state index >= 15 is 0 Å². The molecule has 1 amide bonds. The molecule has 0 heterocycles. The van der Waals surface area contributed by atoms with Crippen molar-refractivity contribution in [1.29, 1.82) is 0 Å². The Morgan fingerprint density at radius 3 is 2.81 bits per heavy atom. The molecule has 16 heavy (non-hydrogen) atoms. The zero-order valence-corrected chi connectivity index (χ0v) is 8.67. The molecular weight excluding hydrogens is 216 g/mol. The van der Waals surface area contributed by atoms with Gasteiger partial charge in [-0.1, -0.05) is 12.6 Å². The molecule has 1 rings (SSSR count). The van der Waals surface area contributed by atoms with Crippen LogP contribution in [0.25, 0.3) is 0 Å². The maximum Gasteiger partial charge on any atom is 0.387 e. The molecule has 86 valence electrons. The molecule has 1 N–H and O–H groups in total. The normalized spacial score (nSPS) is 10.0. The summed E-state index contributed by atoms with van der Waals surface area (Å²) in [4.78, 5) is 11.0. The average molecular weight is 227 g/mol. The van der Waals surface area contributed by atoms with Crippen LogP contribution in [0.15, 0.2) is 30.9 Å². The smallest absolute Gasteiger partial charge is 0.387 e. The second-order valence-electron chi connectivity index (χ2n) is 3.00. The Morgan fingerprint density at radius 2 is 2.25 bits per heavy atom. The zero-order valence-electron chi connectivity index (χ0n) is 8.67. The van der Waals surface area contributed by atoms with Crippen LogP contribution in [0.4, 0.5) is 14.5 Å². The van der Waals surface area contributed by atoms with Gasteiger partial charge in [-0.25, -0.2) is 0 Å². The maximum atomic E-state index is 12.0. The largest absolute Gasteiger partial charge is 0.434 e. The van der Waals surface area contributed by atoms with Gasteiger partial charge in [0.05, 0.1) is 0 Å². The molecule has 0 aliphatic carbocycles. The van der Waals surface area contributed by atoms with Crippen molar-refractivity contribution in [1.82, 2.24) is 0 Å². The standard InChI is InChI=1S/C11H11F2NO2/c1-3-10(15)14-8-5-4-6-9(7(8)2)16-11(12)13/h3-6,11H,1H2,2H3,(H,14,15). The van der Waals surface area contributed by atoms with Gasteiger partial charge in [0.1, 0.15) is 5.75 Å². The van der Waals surface area contributed by atoms with Gasteiger partial charge in [0.2, 0.25) is 5.91 Å². The van der Waals surface area contributed by atoms with Crippen molar-refractivity contribution in [2.45, 2.75) is 13.5 Å². The summed E-state index contributed by atoms with van der Waals surface area (Å²) in [5.74, 6) is -0.367. The number of hydrogen-bond donors (Lipinski definition) is 1. The quantitative estimate of drug-likeness (QED) is 0.803. The summed E-state index contributed by atoms with van der Waals surface area (Å²) < 4.78 is 28.4. The molecule has 5 heteroatoms. The topological polar surface area (TPSA) is 38.3 Å². The van der Waals surface area contributed by atoms with E-state index in [0.717, 1.165) is 6.08 Å². The van der Waals surface area contributed by atoms with E-state index in [9.17, 15) is 13.6 Å². The summed E-state index contributed by atoms with van der Waals surface area (Å²) >= 11 is 0. The van der Waals surface area contributed by atoms with Crippen molar-refractivity contribution in [3.63, 3.8) is 0 Å². The molecule has 0 aromatic heterocycles. The summed E-state index contributed by atoms with van der Waals surface area (Å²) in [6, 6.07) is 4.52. The molecule has 0 bridgehead atoms. The number of hydrogen-bond acceptors (Lipinski definition) is 2. The number of anilines is 1. The van der Waals surface area contributed by atoms with E-state index in [1.54, 1.807) is 13.0 Å². The second kappa shape index (κ2) is 5.25. The van der Waals surface area contributed by atoms with Gasteiger partial charge >= 0.3 is 6.61 Å². The number of amides is 1. The lowest BCUT2D eigenvalue weighted by Crippen LogP contribution is -2.10. The second-order valence-corrected chi connectivity index (χ2v) is 3.00. The monoisotopic (exact) mass is 227 g/mol. The highest BCUT2D eigenvalue weighted by Gasteiger charge is 2.10. The van der Waals surface area contributed by atoms with Crippen LogP contribution in [0, 0.1) is 6.92 Å². The van der Waals surface area contributed by atoms with Crippen molar-refractivity contribution in [2.24, 2.45) is 0 Å². The minimum absolute atomic E-state index is 0.0388. The lowest BCUT2D eigenvalue weighted by Gasteiger charge is -2.11. The summed E-state index contributed by atoms with van der Waals surface area (Å²) in [6.45, 7) is 1.99. The van der Waals surface area contributed by atoms with Crippen molar-refractivity contribution in [2.75, 3.05) is 5.32 Å². The van der Waals surface area contributed by atoms with E-state index in [1.165, 1.54) is 12.1 Å². The number of ether oxygens (including phenoxy) is 1. The Kier molecular flexibility index (Phi) is 3.99. The third-order valence-electron chi connectivity index (χ3n) is 1.94. The van der Waals surface area contributed by atoms with Gasteiger partial charge in [-0.15, -0.1) is 0 Å². The van der Waals surface area contributed by atoms with Crippen LogP contribution < -0.4 is 10.1 Å². The van der Waals surface area contributed by atoms with Gasteiger partial charge in [0.15, 0.2) is 0 Å². The maximum absolute atomic E-state index is 12.0. The zero-order chi connectivity index (χ0) is 12.1. The SMILES string of the molecule is C=CC(=O)Nc1cccc(OC(F)F)c1C. The van der Waals surface area contributed by atoms with Crippen molar-refractivity contribution < 1.29 is 18.3 Å².